The van der Waals surface area contributed by atoms with Crippen LogP contribution in [-0.2, 0) is 10.0 Å². The predicted molar refractivity (Wildman–Crippen MR) is 122 cm³/mol. The van der Waals surface area contributed by atoms with Gasteiger partial charge < -0.3 is 10.2 Å². The number of sulfonamides is 1. The second-order valence-electron chi connectivity index (χ2n) is 8.80. The molecule has 0 spiro atoms. The molecule has 174 valence electrons. The summed E-state index contributed by atoms with van der Waals surface area (Å²) in [5.41, 5.74) is 2.43. The van der Waals surface area contributed by atoms with Crippen LogP contribution in [0.4, 0.5) is 10.5 Å². The number of nitrogens with zero attached hydrogens (tertiary/aromatic N) is 2. The number of aromatic nitrogens is 2. The number of aromatic amines is 1. The molecule has 32 heavy (non-hydrogen) atoms. The maximum Gasteiger partial charge on any atom is 0.333 e. The van der Waals surface area contributed by atoms with Crippen LogP contribution in [0.1, 0.15) is 80.4 Å². The van der Waals surface area contributed by atoms with Crippen LogP contribution in [0.3, 0.4) is 0 Å². The van der Waals surface area contributed by atoms with Crippen LogP contribution in [0.2, 0.25) is 0 Å². The van der Waals surface area contributed by atoms with Crippen LogP contribution in [0, 0.1) is 0 Å². The van der Waals surface area contributed by atoms with Crippen LogP contribution in [0.25, 0.3) is 0 Å². The molecule has 2 aromatic rings. The van der Waals surface area contributed by atoms with Gasteiger partial charge in [-0.15, -0.1) is 0 Å². The number of nitrogens with one attached hydrogen (secondary N) is 3. The van der Waals surface area contributed by atoms with E-state index in [1.165, 1.54) is 0 Å². The van der Waals surface area contributed by atoms with E-state index in [-0.39, 0.29) is 34.5 Å². The first kappa shape index (κ1) is 23.8. The molecule has 0 bridgehead atoms. The van der Waals surface area contributed by atoms with Crippen molar-refractivity contribution in [2.45, 2.75) is 69.9 Å². The zero-order valence-electron chi connectivity index (χ0n) is 19.1. The van der Waals surface area contributed by atoms with Gasteiger partial charge >= 0.3 is 6.03 Å². The summed E-state index contributed by atoms with van der Waals surface area (Å²) in [6.07, 6.45) is 2.92. The third kappa shape index (κ3) is 4.95. The van der Waals surface area contributed by atoms with Crippen molar-refractivity contribution in [1.82, 2.24) is 19.8 Å². The quantitative estimate of drug-likeness (QED) is 0.579. The molecule has 1 aromatic heterocycles. The average molecular weight is 462 g/mol. The minimum Gasteiger partial charge on any atom is -0.337 e. The Kier molecular flexibility index (Phi) is 6.92. The lowest BCUT2D eigenvalue weighted by molar-refractivity contribution is 0.0646. The molecule has 10 heteroatoms. The smallest absolute Gasteiger partial charge is 0.333 e. The molecule has 1 aliphatic carbocycles. The molecule has 9 nitrogen and oxygen atoms in total. The lowest BCUT2D eigenvalue weighted by atomic mass is 9.92. The summed E-state index contributed by atoms with van der Waals surface area (Å²) in [6.45, 7) is 8.01. The van der Waals surface area contributed by atoms with E-state index in [1.54, 1.807) is 11.9 Å². The van der Waals surface area contributed by atoms with Gasteiger partial charge in [-0.3, -0.25) is 9.89 Å². The number of amides is 3. The zero-order chi connectivity index (χ0) is 23.6. The first-order valence-electron chi connectivity index (χ1n) is 10.8. The molecule has 0 atom stereocenters. The van der Waals surface area contributed by atoms with Gasteiger partial charge in [-0.05, 0) is 42.2 Å². The second kappa shape index (κ2) is 9.32. The van der Waals surface area contributed by atoms with Gasteiger partial charge in [-0.25, -0.2) is 9.52 Å². The van der Waals surface area contributed by atoms with Crippen molar-refractivity contribution in [3.8, 4) is 0 Å². The number of H-pyrrole nitrogens is 1. The van der Waals surface area contributed by atoms with Gasteiger partial charge in [0.05, 0.1) is 0 Å². The molecular weight excluding hydrogens is 430 g/mol. The Bertz CT molecular complexity index is 1080. The van der Waals surface area contributed by atoms with Crippen LogP contribution >= 0.6 is 0 Å². The van der Waals surface area contributed by atoms with Gasteiger partial charge in [0.15, 0.2) is 10.7 Å². The normalized spacial score (nSPS) is 14.3. The second-order valence-corrected chi connectivity index (χ2v) is 10.4. The molecule has 0 aliphatic heterocycles. The van der Waals surface area contributed by atoms with E-state index in [2.05, 4.69) is 15.5 Å². The molecule has 0 unspecified atom stereocenters. The Morgan fingerprint density at radius 1 is 1.12 bits per heavy atom. The summed E-state index contributed by atoms with van der Waals surface area (Å²) in [4.78, 5) is 26.7. The summed E-state index contributed by atoms with van der Waals surface area (Å²) in [5, 5.41) is 8.56. The summed E-state index contributed by atoms with van der Waals surface area (Å²) in [7, 11) is -2.57. The van der Waals surface area contributed by atoms with Gasteiger partial charge in [0, 0.05) is 24.8 Å². The molecule has 0 saturated heterocycles. The van der Waals surface area contributed by atoms with Gasteiger partial charge in [0.25, 0.3) is 15.9 Å². The first-order chi connectivity index (χ1) is 15.0. The van der Waals surface area contributed by atoms with E-state index >= 15 is 0 Å². The number of carbonyl (C=O) groups excluding carboxylic acids is 2. The first-order valence-corrected chi connectivity index (χ1v) is 12.3. The standard InChI is InChI=1S/C22H31N5O4S/c1-13(2)16-10-7-11-17(14(3)4)20(16)23-22(29)26-32(30,31)19-12-18(24-25-19)21(28)27(5)15-8-6-9-15/h7,10-15H,6,8-9H2,1-5H3,(H,24,25)(H2,23,26,29). The fraction of sp³-hybridized carbons (Fsp3) is 0.500. The zero-order valence-corrected chi connectivity index (χ0v) is 19.9. The van der Waals surface area contributed by atoms with Crippen molar-refractivity contribution in [2.75, 3.05) is 12.4 Å². The van der Waals surface area contributed by atoms with Gasteiger partial charge in [-0.1, -0.05) is 45.9 Å². The SMILES string of the molecule is CC(C)c1cccc(C(C)C)c1NC(=O)NS(=O)(=O)c1cc(C(=O)N(C)C2CCC2)n[nH]1. The Balaban J connectivity index is 1.76. The minimum absolute atomic E-state index is 0.00701. The van der Waals surface area contributed by atoms with Crippen molar-refractivity contribution < 1.29 is 18.0 Å². The summed E-state index contributed by atoms with van der Waals surface area (Å²) >= 11 is 0. The molecule has 1 fully saturated rings. The topological polar surface area (TPSA) is 124 Å². The fourth-order valence-corrected chi connectivity index (χ4v) is 4.52. The Morgan fingerprint density at radius 3 is 2.22 bits per heavy atom. The van der Waals surface area contributed by atoms with Crippen molar-refractivity contribution in [1.29, 1.82) is 0 Å². The minimum atomic E-state index is -4.25. The van der Waals surface area contributed by atoms with Gasteiger partial charge in [-0.2, -0.15) is 13.5 Å². The highest BCUT2D eigenvalue weighted by Gasteiger charge is 2.29. The number of para-hydroxylation sites is 1. The molecule has 1 heterocycles. The fourth-order valence-electron chi connectivity index (χ4n) is 3.68. The van der Waals surface area contributed by atoms with Crippen LogP contribution in [-0.4, -0.2) is 48.5 Å². The summed E-state index contributed by atoms with van der Waals surface area (Å²) < 4.78 is 27.4. The number of rotatable bonds is 7. The average Bonchev–Trinajstić information content (AvgIpc) is 3.16. The maximum absolute atomic E-state index is 12.7. The van der Waals surface area contributed by atoms with E-state index in [0.717, 1.165) is 36.5 Å². The van der Waals surface area contributed by atoms with E-state index in [4.69, 9.17) is 0 Å². The Morgan fingerprint density at radius 2 is 1.72 bits per heavy atom. The summed E-state index contributed by atoms with van der Waals surface area (Å²) in [6, 6.07) is 6.16. The van der Waals surface area contributed by atoms with Gasteiger partial charge in [0.2, 0.25) is 0 Å². The molecular formula is C22H31N5O4S. The van der Waals surface area contributed by atoms with Crippen LogP contribution in [0.15, 0.2) is 29.3 Å². The number of anilines is 1. The van der Waals surface area contributed by atoms with Crippen molar-refractivity contribution in [3.63, 3.8) is 0 Å². The molecule has 1 aliphatic rings. The molecule has 3 amide bonds. The van der Waals surface area contributed by atoms with Crippen molar-refractivity contribution in [3.05, 3.63) is 41.1 Å². The highest BCUT2D eigenvalue weighted by Crippen LogP contribution is 2.32. The summed E-state index contributed by atoms with van der Waals surface area (Å²) in [5.74, 6) is -0.0897. The van der Waals surface area contributed by atoms with Crippen LogP contribution in [0.5, 0.6) is 0 Å². The Hall–Kier alpha value is -2.88. The lowest BCUT2D eigenvalue weighted by Gasteiger charge is -2.34. The molecule has 1 aromatic carbocycles. The molecule has 1 saturated carbocycles. The van der Waals surface area contributed by atoms with E-state index in [9.17, 15) is 18.0 Å². The number of urea groups is 1. The van der Waals surface area contributed by atoms with Crippen molar-refractivity contribution >= 4 is 27.6 Å². The third-order valence-electron chi connectivity index (χ3n) is 5.84. The number of hydrogen-bond acceptors (Lipinski definition) is 5. The predicted octanol–water partition coefficient (Wildman–Crippen LogP) is 3.79. The number of benzene rings is 1. The van der Waals surface area contributed by atoms with Crippen molar-refractivity contribution in [2.24, 2.45) is 0 Å². The van der Waals surface area contributed by atoms with E-state index in [1.807, 2.05) is 50.6 Å². The Labute approximate surface area is 189 Å². The molecule has 3 rings (SSSR count). The molecule has 0 radical (unpaired) electrons. The highest BCUT2D eigenvalue weighted by atomic mass is 32.2. The monoisotopic (exact) mass is 461 g/mol. The van der Waals surface area contributed by atoms with E-state index in [0.29, 0.717) is 5.69 Å². The number of carbonyl (C=O) groups is 2. The lowest BCUT2D eigenvalue weighted by Crippen LogP contribution is -2.41. The third-order valence-corrected chi connectivity index (χ3v) is 7.09. The van der Waals surface area contributed by atoms with E-state index < -0.39 is 16.1 Å². The highest BCUT2D eigenvalue weighted by molar-refractivity contribution is 7.90. The van der Waals surface area contributed by atoms with Gasteiger partial charge in [0.1, 0.15) is 0 Å². The maximum atomic E-state index is 12.7. The largest absolute Gasteiger partial charge is 0.337 e. The van der Waals surface area contributed by atoms with Crippen LogP contribution < -0.4 is 10.0 Å². The molecule has 3 N–H and O–H groups in total. The number of hydrogen-bond donors (Lipinski definition) is 3.